The summed E-state index contributed by atoms with van der Waals surface area (Å²) in [5.41, 5.74) is 0.347. The van der Waals surface area contributed by atoms with Gasteiger partial charge < -0.3 is 10.1 Å². The smallest absolute Gasteiger partial charge is 0.387 e. The molecule has 3 aromatic rings. The second-order valence-electron chi connectivity index (χ2n) is 5.40. The SMILES string of the molecule is O=C(Cn1nnn(-c2cccs2)c1=O)NCCc1ccc(OC(F)F)cc1. The lowest BCUT2D eigenvalue weighted by molar-refractivity contribution is -0.121. The molecule has 0 aliphatic heterocycles. The molecular formula is C16H15F2N5O3S. The van der Waals surface area contributed by atoms with Crippen LogP contribution in [-0.4, -0.2) is 38.9 Å². The monoisotopic (exact) mass is 395 g/mol. The second kappa shape index (κ2) is 8.54. The van der Waals surface area contributed by atoms with Crippen LogP contribution in [0, 0.1) is 0 Å². The Morgan fingerprint density at radius 2 is 2.00 bits per heavy atom. The molecule has 0 unspecified atom stereocenters. The van der Waals surface area contributed by atoms with E-state index in [2.05, 4.69) is 20.5 Å². The van der Waals surface area contributed by atoms with Crippen LogP contribution in [-0.2, 0) is 17.8 Å². The molecule has 0 radical (unpaired) electrons. The highest BCUT2D eigenvalue weighted by Crippen LogP contribution is 2.15. The molecule has 0 saturated heterocycles. The highest BCUT2D eigenvalue weighted by molar-refractivity contribution is 7.12. The van der Waals surface area contributed by atoms with E-state index < -0.39 is 12.3 Å². The van der Waals surface area contributed by atoms with Crippen molar-refractivity contribution in [3.63, 3.8) is 0 Å². The number of aromatic nitrogens is 4. The first-order valence-corrected chi connectivity index (χ1v) is 8.78. The number of rotatable bonds is 8. The van der Waals surface area contributed by atoms with Crippen LogP contribution >= 0.6 is 11.3 Å². The Morgan fingerprint density at radius 3 is 2.67 bits per heavy atom. The van der Waals surface area contributed by atoms with Crippen molar-refractivity contribution in [3.05, 3.63) is 57.8 Å². The van der Waals surface area contributed by atoms with Crippen LogP contribution in [0.1, 0.15) is 5.56 Å². The molecular weight excluding hydrogens is 380 g/mol. The van der Waals surface area contributed by atoms with Crippen molar-refractivity contribution >= 4 is 17.2 Å². The van der Waals surface area contributed by atoms with Gasteiger partial charge in [0.15, 0.2) is 0 Å². The lowest BCUT2D eigenvalue weighted by Crippen LogP contribution is -2.34. The number of benzene rings is 1. The molecule has 1 amide bonds. The van der Waals surface area contributed by atoms with Crippen LogP contribution in [0.4, 0.5) is 8.78 Å². The van der Waals surface area contributed by atoms with Crippen molar-refractivity contribution in [1.82, 2.24) is 25.1 Å². The van der Waals surface area contributed by atoms with Crippen LogP contribution in [0.3, 0.4) is 0 Å². The molecule has 0 bridgehead atoms. The average molecular weight is 395 g/mol. The number of halogens is 2. The maximum Gasteiger partial charge on any atom is 0.387 e. The zero-order chi connectivity index (χ0) is 19.2. The van der Waals surface area contributed by atoms with Crippen molar-refractivity contribution in [2.45, 2.75) is 19.6 Å². The summed E-state index contributed by atoms with van der Waals surface area (Å²) in [6, 6.07) is 9.66. The highest BCUT2D eigenvalue weighted by atomic mass is 32.1. The summed E-state index contributed by atoms with van der Waals surface area (Å²) in [5.74, 6) is -0.307. The highest BCUT2D eigenvalue weighted by Gasteiger charge is 2.12. The molecule has 0 aliphatic rings. The Balaban J connectivity index is 1.48. The number of ether oxygens (including phenoxy) is 1. The Morgan fingerprint density at radius 1 is 1.22 bits per heavy atom. The number of carbonyl (C=O) groups excluding carboxylic acids is 1. The van der Waals surface area contributed by atoms with Gasteiger partial charge in [-0.1, -0.05) is 12.1 Å². The molecule has 3 rings (SSSR count). The van der Waals surface area contributed by atoms with E-state index in [1.807, 2.05) is 0 Å². The van der Waals surface area contributed by atoms with Crippen LogP contribution in [0.25, 0.3) is 5.00 Å². The third-order valence-corrected chi connectivity index (χ3v) is 4.38. The maximum atomic E-state index is 12.2. The summed E-state index contributed by atoms with van der Waals surface area (Å²) in [5, 5.41) is 12.5. The molecule has 1 N–H and O–H groups in total. The predicted octanol–water partition coefficient (Wildman–Crippen LogP) is 1.45. The Hall–Kier alpha value is -3.08. The maximum absolute atomic E-state index is 12.2. The molecule has 11 heteroatoms. The van der Waals surface area contributed by atoms with Crippen molar-refractivity contribution < 1.29 is 18.3 Å². The summed E-state index contributed by atoms with van der Waals surface area (Å²) in [4.78, 5) is 24.1. The van der Waals surface area contributed by atoms with E-state index in [-0.39, 0.29) is 18.2 Å². The Bertz CT molecular complexity index is 938. The van der Waals surface area contributed by atoms with E-state index in [0.29, 0.717) is 18.0 Å². The fourth-order valence-electron chi connectivity index (χ4n) is 2.28. The minimum atomic E-state index is -2.86. The Labute approximate surface area is 156 Å². The van der Waals surface area contributed by atoms with E-state index in [9.17, 15) is 18.4 Å². The van der Waals surface area contributed by atoms with Gasteiger partial charge in [0.1, 0.15) is 17.3 Å². The number of hydrogen-bond acceptors (Lipinski definition) is 6. The minimum absolute atomic E-state index is 0.0750. The van der Waals surface area contributed by atoms with Crippen LogP contribution in [0.15, 0.2) is 46.6 Å². The third kappa shape index (κ3) is 4.97. The van der Waals surface area contributed by atoms with Gasteiger partial charge in [0, 0.05) is 6.54 Å². The van der Waals surface area contributed by atoms with Crippen LogP contribution < -0.4 is 15.7 Å². The zero-order valence-electron chi connectivity index (χ0n) is 13.9. The number of nitrogens with zero attached hydrogens (tertiary/aromatic N) is 4. The summed E-state index contributed by atoms with van der Waals surface area (Å²) in [6.45, 7) is -2.79. The normalized spacial score (nSPS) is 10.9. The first kappa shape index (κ1) is 18.7. The van der Waals surface area contributed by atoms with Crippen molar-refractivity contribution in [1.29, 1.82) is 0 Å². The van der Waals surface area contributed by atoms with Gasteiger partial charge in [-0.25, -0.2) is 4.79 Å². The molecule has 0 spiro atoms. The van der Waals surface area contributed by atoms with Gasteiger partial charge in [0.25, 0.3) is 0 Å². The van der Waals surface area contributed by atoms with Crippen LogP contribution in [0.2, 0.25) is 0 Å². The largest absolute Gasteiger partial charge is 0.435 e. The molecule has 27 heavy (non-hydrogen) atoms. The van der Waals surface area contributed by atoms with E-state index in [4.69, 9.17) is 0 Å². The zero-order valence-corrected chi connectivity index (χ0v) is 14.7. The van der Waals surface area contributed by atoms with E-state index >= 15 is 0 Å². The van der Waals surface area contributed by atoms with Crippen molar-refractivity contribution in [3.8, 4) is 10.8 Å². The van der Waals surface area contributed by atoms with E-state index in [0.717, 1.165) is 14.9 Å². The van der Waals surface area contributed by atoms with E-state index in [1.54, 1.807) is 29.6 Å². The predicted molar refractivity (Wildman–Crippen MR) is 93.3 cm³/mol. The number of hydrogen-bond donors (Lipinski definition) is 1. The average Bonchev–Trinajstić information content (AvgIpc) is 3.27. The van der Waals surface area contributed by atoms with Crippen LogP contribution in [0.5, 0.6) is 5.75 Å². The number of nitrogens with one attached hydrogen (secondary N) is 1. The molecule has 0 fully saturated rings. The van der Waals surface area contributed by atoms with Gasteiger partial charge in [-0.2, -0.15) is 18.1 Å². The topological polar surface area (TPSA) is 91.0 Å². The standard InChI is InChI=1S/C16H15F2N5O3S/c17-15(18)26-12-5-3-11(4-6-12)7-8-19-13(24)10-22-16(25)23(21-20-22)14-2-1-9-27-14/h1-6,9,15H,7-8,10H2,(H,19,24). The molecule has 2 aromatic heterocycles. The van der Waals surface area contributed by atoms with Crippen molar-refractivity contribution in [2.24, 2.45) is 0 Å². The van der Waals surface area contributed by atoms with E-state index in [1.165, 1.54) is 23.5 Å². The quantitative estimate of drug-likeness (QED) is 0.623. The lowest BCUT2D eigenvalue weighted by atomic mass is 10.1. The molecule has 0 atom stereocenters. The first-order valence-electron chi connectivity index (χ1n) is 7.90. The number of thiophene rings is 1. The van der Waals surface area contributed by atoms with Gasteiger partial charge in [0.2, 0.25) is 5.91 Å². The molecule has 0 saturated carbocycles. The van der Waals surface area contributed by atoms with Crippen molar-refractivity contribution in [2.75, 3.05) is 6.54 Å². The summed E-state index contributed by atoms with van der Waals surface area (Å²) >= 11 is 1.33. The Kier molecular flexibility index (Phi) is 5.91. The molecule has 8 nitrogen and oxygen atoms in total. The number of amides is 1. The molecule has 1 aromatic carbocycles. The molecule has 2 heterocycles. The fraction of sp³-hybridized carbons (Fsp3) is 0.250. The number of tetrazole rings is 1. The number of carbonyl (C=O) groups is 1. The van der Waals surface area contributed by atoms with Gasteiger partial charge in [-0.05, 0) is 52.1 Å². The summed E-state index contributed by atoms with van der Waals surface area (Å²) < 4.78 is 30.6. The minimum Gasteiger partial charge on any atom is -0.435 e. The van der Waals surface area contributed by atoms with Gasteiger partial charge in [-0.15, -0.1) is 11.3 Å². The first-order chi connectivity index (χ1) is 13.0. The van der Waals surface area contributed by atoms with Gasteiger partial charge in [0.05, 0.1) is 0 Å². The fourth-order valence-corrected chi connectivity index (χ4v) is 2.95. The third-order valence-electron chi connectivity index (χ3n) is 3.53. The molecule has 0 aliphatic carbocycles. The summed E-state index contributed by atoms with van der Waals surface area (Å²) in [7, 11) is 0. The van der Waals surface area contributed by atoms with Gasteiger partial charge in [-0.3, -0.25) is 4.79 Å². The summed E-state index contributed by atoms with van der Waals surface area (Å²) in [6.07, 6.45) is 0.498. The molecule has 142 valence electrons. The van der Waals surface area contributed by atoms with Gasteiger partial charge >= 0.3 is 12.3 Å². The second-order valence-corrected chi connectivity index (χ2v) is 6.33. The lowest BCUT2D eigenvalue weighted by Gasteiger charge is -2.07. The number of alkyl halides is 2.